The molecule has 2 saturated carbocycles. The Hall–Kier alpha value is -3.03. The molecule has 164 valence electrons. The lowest BCUT2D eigenvalue weighted by Gasteiger charge is -2.59. The number of carbonyl (C=O) groups is 2. The van der Waals surface area contributed by atoms with Gasteiger partial charge in [0, 0.05) is 24.4 Å². The first-order chi connectivity index (χ1) is 14.8. The Balaban J connectivity index is 1.28. The van der Waals surface area contributed by atoms with Crippen LogP contribution in [0.3, 0.4) is 0 Å². The Bertz CT molecular complexity index is 1060. The number of aromatic carboxylic acids is 1. The largest absolute Gasteiger partial charge is 0.495 e. The molecule has 2 aromatic rings. The van der Waals surface area contributed by atoms with E-state index in [0.29, 0.717) is 11.5 Å². The number of hydrogen-bond donors (Lipinski definition) is 1. The lowest BCUT2D eigenvalue weighted by molar-refractivity contribution is -0.143. The molecule has 3 aliphatic rings. The highest BCUT2D eigenvalue weighted by molar-refractivity contribution is 5.90. The van der Waals surface area contributed by atoms with Crippen molar-refractivity contribution in [2.75, 3.05) is 32.2 Å². The van der Waals surface area contributed by atoms with Crippen molar-refractivity contribution in [3.63, 3.8) is 0 Å². The number of carbonyl (C=O) groups excluding carboxylic acids is 1. The predicted molar refractivity (Wildman–Crippen MR) is 111 cm³/mol. The van der Waals surface area contributed by atoms with Crippen molar-refractivity contribution in [1.29, 1.82) is 0 Å². The summed E-state index contributed by atoms with van der Waals surface area (Å²) in [5, 5.41) is 13.3. The minimum absolute atomic E-state index is 0.105. The maximum Gasteiger partial charge on any atom is 0.341 e. The first kappa shape index (κ1) is 19.9. The summed E-state index contributed by atoms with van der Waals surface area (Å²) < 4.78 is 16.0. The molecule has 8 heteroatoms. The van der Waals surface area contributed by atoms with E-state index in [9.17, 15) is 14.7 Å². The highest BCUT2D eigenvalue weighted by Gasteiger charge is 2.56. The van der Waals surface area contributed by atoms with Gasteiger partial charge in [0.15, 0.2) is 5.76 Å². The Kier molecular flexibility index (Phi) is 4.32. The molecule has 1 aromatic heterocycles. The molecule has 1 N–H and O–H groups in total. The quantitative estimate of drug-likeness (QED) is 0.702. The number of esters is 1. The van der Waals surface area contributed by atoms with E-state index in [1.165, 1.54) is 7.11 Å². The van der Waals surface area contributed by atoms with Gasteiger partial charge in [-0.25, -0.2) is 4.79 Å². The van der Waals surface area contributed by atoms with E-state index in [2.05, 4.69) is 10.1 Å². The Morgan fingerprint density at radius 3 is 2.52 bits per heavy atom. The monoisotopic (exact) mass is 426 g/mol. The predicted octanol–water partition coefficient (Wildman–Crippen LogP) is 3.28. The SMILES string of the molecule is COC(=O)C1(c2ccc(N3CC4(CC(c5onc(C)c5C(=O)O)C4)C3)c(OC)c2)CC1. The zero-order valence-electron chi connectivity index (χ0n) is 17.9. The third-order valence-electron chi connectivity index (χ3n) is 7.28. The van der Waals surface area contributed by atoms with Gasteiger partial charge in [-0.1, -0.05) is 11.2 Å². The Labute approximate surface area is 180 Å². The number of nitrogens with zero attached hydrogens (tertiary/aromatic N) is 2. The van der Waals surface area contributed by atoms with Gasteiger partial charge < -0.3 is 24.0 Å². The van der Waals surface area contributed by atoms with Gasteiger partial charge >= 0.3 is 11.9 Å². The summed E-state index contributed by atoms with van der Waals surface area (Å²) in [5.74, 6) is 0.212. The van der Waals surface area contributed by atoms with Gasteiger partial charge in [0.1, 0.15) is 11.3 Å². The standard InChI is InChI=1S/C23H26N2O6/c1-13-18(20(26)27)19(31-24-13)14-9-22(10-14)11-25(12-22)16-5-4-15(8-17(16)29-2)23(6-7-23)21(28)30-3/h4-5,8,14H,6-7,9-12H2,1-3H3,(H,26,27). The van der Waals surface area contributed by atoms with Crippen LogP contribution in [0.2, 0.25) is 0 Å². The highest BCUT2D eigenvalue weighted by Crippen LogP contribution is 2.58. The van der Waals surface area contributed by atoms with Crippen molar-refractivity contribution in [3.05, 3.63) is 40.8 Å². The van der Waals surface area contributed by atoms with Crippen LogP contribution in [0.1, 0.15) is 59.0 Å². The number of carboxylic acids is 1. The molecule has 0 bridgehead atoms. The summed E-state index contributed by atoms with van der Waals surface area (Å²) in [6.45, 7) is 3.44. The van der Waals surface area contributed by atoms with Gasteiger partial charge in [0.2, 0.25) is 0 Å². The zero-order valence-corrected chi connectivity index (χ0v) is 17.9. The van der Waals surface area contributed by atoms with Crippen LogP contribution in [0.5, 0.6) is 5.75 Å². The van der Waals surface area contributed by atoms with Crippen molar-refractivity contribution in [2.45, 2.75) is 43.9 Å². The van der Waals surface area contributed by atoms with Crippen LogP contribution in [0.15, 0.2) is 22.7 Å². The Morgan fingerprint density at radius 2 is 1.94 bits per heavy atom. The van der Waals surface area contributed by atoms with Gasteiger partial charge in [-0.2, -0.15) is 0 Å². The second-order valence-electron chi connectivity index (χ2n) is 9.23. The minimum atomic E-state index is -0.977. The van der Waals surface area contributed by atoms with E-state index in [4.69, 9.17) is 14.0 Å². The summed E-state index contributed by atoms with van der Waals surface area (Å²) in [5.41, 5.74) is 2.27. The summed E-state index contributed by atoms with van der Waals surface area (Å²) in [7, 11) is 3.08. The molecule has 0 radical (unpaired) electrons. The van der Waals surface area contributed by atoms with Gasteiger partial charge in [0.25, 0.3) is 0 Å². The fourth-order valence-electron chi connectivity index (χ4n) is 5.46. The number of methoxy groups -OCH3 is 2. The van der Waals surface area contributed by atoms with Crippen LogP contribution in [0.25, 0.3) is 0 Å². The van der Waals surface area contributed by atoms with E-state index in [0.717, 1.165) is 55.8 Å². The van der Waals surface area contributed by atoms with Crippen molar-refractivity contribution >= 4 is 17.6 Å². The summed E-state index contributed by atoms with van der Waals surface area (Å²) in [4.78, 5) is 26.0. The van der Waals surface area contributed by atoms with E-state index in [1.807, 2.05) is 18.2 Å². The van der Waals surface area contributed by atoms with Gasteiger partial charge in [-0.3, -0.25) is 4.79 Å². The van der Waals surface area contributed by atoms with E-state index >= 15 is 0 Å². The van der Waals surface area contributed by atoms with Crippen LogP contribution < -0.4 is 9.64 Å². The topological polar surface area (TPSA) is 102 Å². The molecule has 2 heterocycles. The summed E-state index contributed by atoms with van der Waals surface area (Å²) >= 11 is 0. The smallest absolute Gasteiger partial charge is 0.341 e. The highest BCUT2D eigenvalue weighted by atomic mass is 16.5. The van der Waals surface area contributed by atoms with E-state index in [1.54, 1.807) is 14.0 Å². The molecule has 5 rings (SSSR count). The second kappa shape index (κ2) is 6.73. The van der Waals surface area contributed by atoms with E-state index < -0.39 is 11.4 Å². The number of aromatic nitrogens is 1. The third-order valence-corrected chi connectivity index (χ3v) is 7.28. The average Bonchev–Trinajstić information content (AvgIpc) is 3.42. The van der Waals surface area contributed by atoms with Gasteiger partial charge in [0.05, 0.1) is 31.0 Å². The first-order valence-corrected chi connectivity index (χ1v) is 10.5. The molecule has 1 spiro atoms. The number of benzene rings is 1. The molecule has 3 fully saturated rings. The number of anilines is 1. The van der Waals surface area contributed by atoms with Gasteiger partial charge in [-0.15, -0.1) is 0 Å². The van der Waals surface area contributed by atoms with E-state index in [-0.39, 0.29) is 22.9 Å². The number of ether oxygens (including phenoxy) is 2. The van der Waals surface area contributed by atoms with Crippen molar-refractivity contribution in [2.24, 2.45) is 5.41 Å². The lowest BCUT2D eigenvalue weighted by atomic mass is 9.56. The number of hydrogen-bond acceptors (Lipinski definition) is 7. The first-order valence-electron chi connectivity index (χ1n) is 10.5. The molecule has 8 nitrogen and oxygen atoms in total. The number of aryl methyl sites for hydroxylation is 1. The maximum atomic E-state index is 12.2. The van der Waals surface area contributed by atoms with Gasteiger partial charge in [-0.05, 0) is 50.3 Å². The molecular formula is C23H26N2O6. The molecule has 31 heavy (non-hydrogen) atoms. The lowest BCUT2D eigenvalue weighted by Crippen LogP contribution is -2.62. The molecule has 2 aliphatic carbocycles. The van der Waals surface area contributed by atoms with Crippen LogP contribution in [0, 0.1) is 12.3 Å². The van der Waals surface area contributed by atoms with Crippen LogP contribution in [0.4, 0.5) is 5.69 Å². The fraction of sp³-hybridized carbons (Fsp3) is 0.522. The number of carboxylic acid groups (broad SMARTS) is 1. The van der Waals surface area contributed by atoms with Crippen molar-refractivity contribution in [1.82, 2.24) is 5.16 Å². The number of rotatable bonds is 6. The molecule has 1 aliphatic heterocycles. The average molecular weight is 426 g/mol. The van der Waals surface area contributed by atoms with Crippen LogP contribution >= 0.6 is 0 Å². The summed E-state index contributed by atoms with van der Waals surface area (Å²) in [6, 6.07) is 6.00. The zero-order chi connectivity index (χ0) is 22.0. The fourth-order valence-corrected chi connectivity index (χ4v) is 5.46. The van der Waals surface area contributed by atoms with Crippen LogP contribution in [-0.2, 0) is 14.9 Å². The molecule has 0 unspecified atom stereocenters. The van der Waals surface area contributed by atoms with Crippen molar-refractivity contribution in [3.8, 4) is 5.75 Å². The third kappa shape index (κ3) is 2.91. The molecule has 1 saturated heterocycles. The Morgan fingerprint density at radius 1 is 1.23 bits per heavy atom. The summed E-state index contributed by atoms with van der Waals surface area (Å²) in [6.07, 6.45) is 3.39. The molecule has 0 atom stereocenters. The molecule has 0 amide bonds. The normalized spacial score (nSPS) is 20.7. The molecular weight excluding hydrogens is 400 g/mol. The second-order valence-corrected chi connectivity index (χ2v) is 9.23. The molecule has 1 aromatic carbocycles. The van der Waals surface area contributed by atoms with Crippen LogP contribution in [-0.4, -0.2) is 49.5 Å². The maximum absolute atomic E-state index is 12.2. The minimum Gasteiger partial charge on any atom is -0.495 e. The van der Waals surface area contributed by atoms with Crippen molar-refractivity contribution < 1.29 is 28.7 Å².